The summed E-state index contributed by atoms with van der Waals surface area (Å²) in [5, 5.41) is 11.9. The van der Waals surface area contributed by atoms with E-state index in [1.807, 2.05) is 6.20 Å². The number of rotatable bonds is 2. The number of ether oxygens (including phenoxy) is 1. The minimum absolute atomic E-state index is 0.484. The summed E-state index contributed by atoms with van der Waals surface area (Å²) in [6.07, 6.45) is 2.92. The molecule has 1 aromatic carbocycles. The van der Waals surface area contributed by atoms with Crippen LogP contribution in [0.4, 0.5) is 5.69 Å². The molecule has 1 aliphatic rings. The maximum atomic E-state index is 5.46. The van der Waals surface area contributed by atoms with Gasteiger partial charge >= 0.3 is 0 Å². The van der Waals surface area contributed by atoms with E-state index in [4.69, 9.17) is 4.74 Å². The number of benzene rings is 1. The smallest absolute Gasteiger partial charge is 0.0881 e. The predicted molar refractivity (Wildman–Crippen MR) is 68.1 cm³/mol. The van der Waals surface area contributed by atoms with E-state index in [2.05, 4.69) is 40.6 Å². The first kappa shape index (κ1) is 10.6. The molecule has 2 atom stereocenters. The third-order valence-corrected chi connectivity index (χ3v) is 3.46. The number of nitrogens with one attached hydrogen (secondary N) is 2. The molecule has 2 unspecified atom stereocenters. The Balaban J connectivity index is 1.86. The van der Waals surface area contributed by atoms with Gasteiger partial charge in [-0.2, -0.15) is 5.10 Å². The number of hydrogen-bond donors (Lipinski definition) is 2. The van der Waals surface area contributed by atoms with E-state index < -0.39 is 0 Å². The zero-order chi connectivity index (χ0) is 11.7. The highest BCUT2D eigenvalue weighted by Gasteiger charge is 2.22. The van der Waals surface area contributed by atoms with Gasteiger partial charge < -0.3 is 10.1 Å². The van der Waals surface area contributed by atoms with Crippen LogP contribution in [0.15, 0.2) is 24.4 Å². The average molecular weight is 231 g/mol. The normalized spacial score (nSPS) is 25.0. The fourth-order valence-electron chi connectivity index (χ4n) is 2.38. The molecular weight excluding hydrogens is 214 g/mol. The highest BCUT2D eigenvalue weighted by Crippen LogP contribution is 2.25. The molecule has 0 bridgehead atoms. The Labute approximate surface area is 100 Å². The van der Waals surface area contributed by atoms with Gasteiger partial charge in [-0.1, -0.05) is 19.1 Å². The van der Waals surface area contributed by atoms with Crippen molar-refractivity contribution in [2.45, 2.75) is 19.4 Å². The maximum Gasteiger partial charge on any atom is 0.0881 e. The van der Waals surface area contributed by atoms with Gasteiger partial charge in [-0.15, -0.1) is 0 Å². The number of anilines is 1. The van der Waals surface area contributed by atoms with Crippen molar-refractivity contribution in [1.29, 1.82) is 0 Å². The molecule has 17 heavy (non-hydrogen) atoms. The van der Waals surface area contributed by atoms with E-state index in [0.717, 1.165) is 36.2 Å². The molecule has 4 nitrogen and oxygen atoms in total. The second kappa shape index (κ2) is 4.37. The van der Waals surface area contributed by atoms with E-state index in [1.165, 1.54) is 0 Å². The van der Waals surface area contributed by atoms with Gasteiger partial charge in [-0.3, -0.25) is 5.10 Å². The van der Waals surface area contributed by atoms with E-state index in [0.29, 0.717) is 12.0 Å². The molecule has 3 rings (SSSR count). The number of aromatic amines is 1. The first-order chi connectivity index (χ1) is 8.34. The fourth-order valence-corrected chi connectivity index (χ4v) is 2.38. The van der Waals surface area contributed by atoms with Crippen LogP contribution in [0.2, 0.25) is 0 Å². The number of aromatic nitrogens is 2. The van der Waals surface area contributed by atoms with Crippen molar-refractivity contribution in [3.63, 3.8) is 0 Å². The van der Waals surface area contributed by atoms with Crippen molar-refractivity contribution in [2.75, 3.05) is 18.5 Å². The Morgan fingerprint density at radius 3 is 3.29 bits per heavy atom. The van der Waals surface area contributed by atoms with Crippen LogP contribution in [0.3, 0.4) is 0 Å². The number of H-pyrrole nitrogens is 1. The summed E-state index contributed by atoms with van der Waals surface area (Å²) in [6.45, 7) is 3.92. The van der Waals surface area contributed by atoms with Gasteiger partial charge in [0.25, 0.3) is 0 Å². The molecule has 2 aromatic rings. The SMILES string of the molecule is CC1COCCC1Nc1cccc2cn[nH]c12. The predicted octanol–water partition coefficient (Wildman–Crippen LogP) is 2.40. The van der Waals surface area contributed by atoms with Gasteiger partial charge in [0.1, 0.15) is 0 Å². The highest BCUT2D eigenvalue weighted by molar-refractivity contribution is 5.90. The van der Waals surface area contributed by atoms with Crippen LogP contribution >= 0.6 is 0 Å². The number of para-hydroxylation sites is 1. The van der Waals surface area contributed by atoms with E-state index in [-0.39, 0.29) is 0 Å². The summed E-state index contributed by atoms with van der Waals surface area (Å²) in [7, 11) is 0. The summed E-state index contributed by atoms with van der Waals surface area (Å²) in [4.78, 5) is 0. The lowest BCUT2D eigenvalue weighted by molar-refractivity contribution is 0.0538. The first-order valence-electron chi connectivity index (χ1n) is 6.11. The molecule has 1 saturated heterocycles. The van der Waals surface area contributed by atoms with Crippen molar-refractivity contribution < 1.29 is 4.74 Å². The molecule has 2 heterocycles. The Hall–Kier alpha value is -1.55. The Morgan fingerprint density at radius 1 is 1.47 bits per heavy atom. The van der Waals surface area contributed by atoms with Gasteiger partial charge in [-0.05, 0) is 18.4 Å². The highest BCUT2D eigenvalue weighted by atomic mass is 16.5. The van der Waals surface area contributed by atoms with Gasteiger partial charge in [0, 0.05) is 18.0 Å². The van der Waals surface area contributed by atoms with Crippen molar-refractivity contribution in [1.82, 2.24) is 10.2 Å². The van der Waals surface area contributed by atoms with Crippen LogP contribution in [0, 0.1) is 5.92 Å². The van der Waals surface area contributed by atoms with Gasteiger partial charge in [-0.25, -0.2) is 0 Å². The molecule has 1 fully saturated rings. The lowest BCUT2D eigenvalue weighted by Crippen LogP contribution is -2.35. The van der Waals surface area contributed by atoms with Crippen LogP contribution in [0.25, 0.3) is 10.9 Å². The summed E-state index contributed by atoms with van der Waals surface area (Å²) >= 11 is 0. The standard InChI is InChI=1S/C13H17N3O/c1-9-8-17-6-5-11(9)15-12-4-2-3-10-7-14-16-13(10)12/h2-4,7,9,11,15H,5-6,8H2,1H3,(H,14,16). The van der Waals surface area contributed by atoms with Crippen LogP contribution in [-0.2, 0) is 4.74 Å². The molecule has 0 aliphatic carbocycles. The summed E-state index contributed by atoms with van der Waals surface area (Å²) < 4.78 is 5.46. The Kier molecular flexibility index (Phi) is 2.73. The van der Waals surface area contributed by atoms with Gasteiger partial charge in [0.05, 0.1) is 24.0 Å². The maximum absolute atomic E-state index is 5.46. The molecule has 2 N–H and O–H groups in total. The fraction of sp³-hybridized carbons (Fsp3) is 0.462. The van der Waals surface area contributed by atoms with Crippen molar-refractivity contribution in [2.24, 2.45) is 5.92 Å². The van der Waals surface area contributed by atoms with Crippen LogP contribution < -0.4 is 5.32 Å². The van der Waals surface area contributed by atoms with Gasteiger partial charge in [0.15, 0.2) is 0 Å². The molecular formula is C13H17N3O. The molecule has 0 amide bonds. The lowest BCUT2D eigenvalue weighted by atomic mass is 9.97. The van der Waals surface area contributed by atoms with E-state index in [9.17, 15) is 0 Å². The minimum atomic E-state index is 0.484. The second-order valence-electron chi connectivity index (χ2n) is 4.73. The summed E-state index contributed by atoms with van der Waals surface area (Å²) in [5.41, 5.74) is 2.23. The molecule has 1 aromatic heterocycles. The van der Waals surface area contributed by atoms with E-state index in [1.54, 1.807) is 0 Å². The first-order valence-corrected chi connectivity index (χ1v) is 6.11. The molecule has 1 aliphatic heterocycles. The van der Waals surface area contributed by atoms with Crippen LogP contribution in [0.1, 0.15) is 13.3 Å². The second-order valence-corrected chi connectivity index (χ2v) is 4.73. The molecule has 0 spiro atoms. The third-order valence-electron chi connectivity index (χ3n) is 3.46. The molecule has 0 radical (unpaired) electrons. The Bertz CT molecular complexity index is 508. The molecule has 4 heteroatoms. The van der Waals surface area contributed by atoms with Crippen molar-refractivity contribution >= 4 is 16.6 Å². The average Bonchev–Trinajstić information content (AvgIpc) is 2.81. The number of fused-ring (bicyclic) bond motifs is 1. The zero-order valence-corrected chi connectivity index (χ0v) is 9.94. The Morgan fingerprint density at radius 2 is 2.41 bits per heavy atom. The van der Waals surface area contributed by atoms with Crippen molar-refractivity contribution in [3.8, 4) is 0 Å². The van der Waals surface area contributed by atoms with E-state index >= 15 is 0 Å². The minimum Gasteiger partial charge on any atom is -0.381 e. The monoisotopic (exact) mass is 231 g/mol. The quantitative estimate of drug-likeness (QED) is 0.834. The van der Waals surface area contributed by atoms with Crippen LogP contribution in [0.5, 0.6) is 0 Å². The van der Waals surface area contributed by atoms with Crippen LogP contribution in [-0.4, -0.2) is 29.5 Å². The lowest BCUT2D eigenvalue weighted by Gasteiger charge is -2.30. The zero-order valence-electron chi connectivity index (χ0n) is 9.94. The number of nitrogens with zero attached hydrogens (tertiary/aromatic N) is 1. The van der Waals surface area contributed by atoms with Crippen molar-refractivity contribution in [3.05, 3.63) is 24.4 Å². The third kappa shape index (κ3) is 2.00. The molecule has 0 saturated carbocycles. The summed E-state index contributed by atoms with van der Waals surface area (Å²) in [5.74, 6) is 0.543. The van der Waals surface area contributed by atoms with Gasteiger partial charge in [0.2, 0.25) is 0 Å². The summed E-state index contributed by atoms with van der Waals surface area (Å²) in [6, 6.07) is 6.71. The number of hydrogen-bond acceptors (Lipinski definition) is 3. The molecule has 90 valence electrons. The largest absolute Gasteiger partial charge is 0.381 e. The topological polar surface area (TPSA) is 49.9 Å².